The molecule has 0 saturated carbocycles. The molecule has 9 nitrogen and oxygen atoms in total. The summed E-state index contributed by atoms with van der Waals surface area (Å²) in [6, 6.07) is 2.98. The molecule has 1 aromatic carbocycles. The maximum atomic E-state index is 14.2. The van der Waals surface area contributed by atoms with Crippen molar-refractivity contribution >= 4 is 11.9 Å². The molecule has 0 amide bonds. The topological polar surface area (TPSA) is 124 Å². The highest BCUT2D eigenvalue weighted by Crippen LogP contribution is 2.56. The van der Waals surface area contributed by atoms with E-state index < -0.39 is 72.3 Å². The average Bonchev–Trinajstić information content (AvgIpc) is 2.76. The van der Waals surface area contributed by atoms with Crippen LogP contribution >= 0.6 is 0 Å². The Labute approximate surface area is 201 Å². The molecule has 5 atom stereocenters. The zero-order chi connectivity index (χ0) is 27.7. The zero-order valence-corrected chi connectivity index (χ0v) is 19.5. The van der Waals surface area contributed by atoms with E-state index in [4.69, 9.17) is 9.47 Å². The number of alkyl halides is 6. The van der Waals surface area contributed by atoms with Crippen molar-refractivity contribution in [2.45, 2.75) is 43.6 Å². The van der Waals surface area contributed by atoms with Crippen LogP contribution < -0.4 is 14.8 Å². The number of ether oxygens (including phenoxy) is 4. The molecular formula is C21H25F6NO8. The molecular weight excluding hydrogens is 508 g/mol. The number of piperidine rings is 1. The molecule has 36 heavy (non-hydrogen) atoms. The van der Waals surface area contributed by atoms with Gasteiger partial charge in [0.25, 0.3) is 0 Å². The Kier molecular flexibility index (Phi) is 8.43. The molecule has 0 bridgehead atoms. The minimum absolute atomic E-state index is 0.00715. The van der Waals surface area contributed by atoms with Crippen molar-refractivity contribution in [2.75, 3.05) is 27.4 Å². The first-order valence-corrected chi connectivity index (χ1v) is 10.5. The van der Waals surface area contributed by atoms with Crippen LogP contribution in [0.5, 0.6) is 11.5 Å². The number of aliphatic hydroxyl groups is 2. The maximum Gasteiger partial charge on any atom is 0.432 e. The third kappa shape index (κ3) is 4.91. The Morgan fingerprint density at radius 1 is 0.861 bits per heavy atom. The largest absolute Gasteiger partial charge is 0.493 e. The summed E-state index contributed by atoms with van der Waals surface area (Å²) < 4.78 is 104. The van der Waals surface area contributed by atoms with Gasteiger partial charge in [-0.2, -0.15) is 26.3 Å². The summed E-state index contributed by atoms with van der Waals surface area (Å²) in [5, 5.41) is 22.0. The quantitative estimate of drug-likeness (QED) is 0.358. The van der Waals surface area contributed by atoms with Gasteiger partial charge in [0.05, 0.1) is 27.4 Å². The Bertz CT molecular complexity index is 923. The smallest absolute Gasteiger partial charge is 0.432 e. The third-order valence-corrected chi connectivity index (χ3v) is 5.74. The van der Waals surface area contributed by atoms with E-state index in [1.54, 1.807) is 0 Å². The Morgan fingerprint density at radius 2 is 1.28 bits per heavy atom. The van der Waals surface area contributed by atoms with Gasteiger partial charge < -0.3 is 29.2 Å². The number of benzene rings is 1. The summed E-state index contributed by atoms with van der Waals surface area (Å²) in [6.45, 7) is 1.38. The highest BCUT2D eigenvalue weighted by atomic mass is 19.4. The molecule has 0 spiro atoms. The lowest BCUT2D eigenvalue weighted by Crippen LogP contribution is -2.81. The first-order valence-electron chi connectivity index (χ1n) is 10.5. The lowest BCUT2D eigenvalue weighted by atomic mass is 9.64. The van der Waals surface area contributed by atoms with E-state index in [0.717, 1.165) is 30.6 Å². The van der Waals surface area contributed by atoms with Gasteiger partial charge in [-0.1, -0.05) is 6.07 Å². The van der Waals surface area contributed by atoms with Gasteiger partial charge in [0.2, 0.25) is 11.4 Å². The van der Waals surface area contributed by atoms with Crippen molar-refractivity contribution in [1.29, 1.82) is 0 Å². The van der Waals surface area contributed by atoms with E-state index in [-0.39, 0.29) is 11.5 Å². The fourth-order valence-corrected chi connectivity index (χ4v) is 4.20. The number of esters is 2. The molecule has 0 aromatic heterocycles. The summed E-state index contributed by atoms with van der Waals surface area (Å²) in [5.74, 6) is -12.1. The second kappa shape index (κ2) is 10.3. The minimum Gasteiger partial charge on any atom is -0.493 e. The number of carbonyl (C=O) groups is 2. The van der Waals surface area contributed by atoms with Gasteiger partial charge in [0.15, 0.2) is 11.5 Å². The predicted octanol–water partition coefficient (Wildman–Crippen LogP) is 2.25. The molecule has 1 aliphatic rings. The second-order valence-corrected chi connectivity index (χ2v) is 7.75. The standard InChI is InChI=1S/C21H25F6NO8/c1-5-35-16(29)14-13(10-7-8-11(33-3)12(9-10)34-4)15(17(30)36-6-2)19(32,21(25,26)27)28-18(14,31)20(22,23)24/h7-9,13-15,28,31-32H,5-6H2,1-4H3/t13?,14-,15-,18-,19+/m0/s1. The van der Waals surface area contributed by atoms with E-state index in [1.165, 1.54) is 21.0 Å². The van der Waals surface area contributed by atoms with Crippen LogP contribution in [0, 0.1) is 11.8 Å². The van der Waals surface area contributed by atoms with Crippen molar-refractivity contribution in [3.8, 4) is 11.5 Å². The SMILES string of the molecule is CCOC(=O)[C@@H]1C(c2ccc(OC)c(OC)c2)[C@@H](C(=O)OCC)[C@](O)(C(F)(F)F)N[C@]1(O)C(F)(F)F. The van der Waals surface area contributed by atoms with Crippen molar-refractivity contribution in [1.82, 2.24) is 5.32 Å². The Balaban J connectivity index is 3.03. The van der Waals surface area contributed by atoms with Gasteiger partial charge in [0, 0.05) is 5.92 Å². The monoisotopic (exact) mass is 533 g/mol. The number of hydrogen-bond donors (Lipinski definition) is 3. The third-order valence-electron chi connectivity index (χ3n) is 5.74. The highest BCUT2D eigenvalue weighted by Gasteiger charge is 2.78. The summed E-state index contributed by atoms with van der Waals surface area (Å²) in [7, 11) is 2.32. The van der Waals surface area contributed by atoms with Gasteiger partial charge in [-0.25, -0.2) is 5.32 Å². The molecule has 1 fully saturated rings. The number of methoxy groups -OCH3 is 2. The van der Waals surface area contributed by atoms with Gasteiger partial charge in [-0.05, 0) is 31.5 Å². The van der Waals surface area contributed by atoms with E-state index in [2.05, 4.69) is 9.47 Å². The lowest BCUT2D eigenvalue weighted by molar-refractivity contribution is -0.376. The van der Waals surface area contributed by atoms with Crippen molar-refractivity contribution in [3.05, 3.63) is 23.8 Å². The number of rotatable bonds is 7. The maximum absolute atomic E-state index is 14.2. The normalized spacial score (nSPS) is 28.8. The lowest BCUT2D eigenvalue weighted by Gasteiger charge is -2.54. The molecule has 0 aliphatic carbocycles. The Hall–Kier alpha value is -2.78. The fourth-order valence-electron chi connectivity index (χ4n) is 4.20. The predicted molar refractivity (Wildman–Crippen MR) is 108 cm³/mol. The van der Waals surface area contributed by atoms with E-state index in [9.17, 15) is 46.1 Å². The van der Waals surface area contributed by atoms with Gasteiger partial charge in [-0.15, -0.1) is 0 Å². The number of nitrogens with one attached hydrogen (secondary N) is 1. The molecule has 204 valence electrons. The second-order valence-electron chi connectivity index (χ2n) is 7.75. The number of hydrogen-bond acceptors (Lipinski definition) is 9. The van der Waals surface area contributed by atoms with Crippen LogP contribution in [0.2, 0.25) is 0 Å². The van der Waals surface area contributed by atoms with E-state index in [0.29, 0.717) is 0 Å². The van der Waals surface area contributed by atoms with Crippen LogP contribution in [-0.4, -0.2) is 73.4 Å². The van der Waals surface area contributed by atoms with Gasteiger partial charge >= 0.3 is 24.3 Å². The molecule has 2 rings (SSSR count). The van der Waals surface area contributed by atoms with Crippen LogP contribution in [0.1, 0.15) is 25.3 Å². The first-order chi connectivity index (χ1) is 16.5. The molecule has 3 N–H and O–H groups in total. The molecule has 1 saturated heterocycles. The zero-order valence-electron chi connectivity index (χ0n) is 19.5. The van der Waals surface area contributed by atoms with Gasteiger partial charge in [0.1, 0.15) is 11.8 Å². The summed E-state index contributed by atoms with van der Waals surface area (Å²) in [5.41, 5.74) is -9.93. The first kappa shape index (κ1) is 29.5. The van der Waals surface area contributed by atoms with E-state index >= 15 is 0 Å². The van der Waals surface area contributed by atoms with Crippen LogP contribution in [0.25, 0.3) is 0 Å². The van der Waals surface area contributed by atoms with Crippen LogP contribution in [0.15, 0.2) is 18.2 Å². The van der Waals surface area contributed by atoms with E-state index in [1.807, 2.05) is 0 Å². The molecule has 1 heterocycles. The van der Waals surface area contributed by atoms with Gasteiger partial charge in [-0.3, -0.25) is 9.59 Å². The van der Waals surface area contributed by atoms with Crippen LogP contribution in [0.4, 0.5) is 26.3 Å². The van der Waals surface area contributed by atoms with Crippen LogP contribution in [0.3, 0.4) is 0 Å². The number of halogens is 6. The molecule has 1 aliphatic heterocycles. The van der Waals surface area contributed by atoms with Crippen molar-refractivity contribution < 1.29 is 65.1 Å². The molecule has 15 heteroatoms. The van der Waals surface area contributed by atoms with Crippen molar-refractivity contribution in [2.24, 2.45) is 11.8 Å². The molecule has 0 radical (unpaired) electrons. The molecule has 1 aromatic rings. The number of carbonyl (C=O) groups excluding carboxylic acids is 2. The fraction of sp³-hybridized carbons (Fsp3) is 0.619. The van der Waals surface area contributed by atoms with Crippen molar-refractivity contribution in [3.63, 3.8) is 0 Å². The minimum atomic E-state index is -5.97. The Morgan fingerprint density at radius 3 is 1.61 bits per heavy atom. The molecule has 1 unspecified atom stereocenters. The summed E-state index contributed by atoms with van der Waals surface area (Å²) in [4.78, 5) is 25.6. The van der Waals surface area contributed by atoms with Crippen LogP contribution in [-0.2, 0) is 19.1 Å². The highest BCUT2D eigenvalue weighted by molar-refractivity contribution is 5.81. The average molecular weight is 533 g/mol. The summed E-state index contributed by atoms with van der Waals surface area (Å²) in [6.07, 6.45) is -11.9. The summed E-state index contributed by atoms with van der Waals surface area (Å²) >= 11 is 0.